The van der Waals surface area contributed by atoms with E-state index in [4.69, 9.17) is 29.9 Å². The molecule has 2 aromatic carbocycles. The van der Waals surface area contributed by atoms with Crippen molar-refractivity contribution in [3.8, 4) is 68.5 Å². The zero-order valence-electron chi connectivity index (χ0n) is 30.0. The van der Waals surface area contributed by atoms with Gasteiger partial charge in [0.05, 0.1) is 0 Å². The molecule has 9 nitrogen and oxygen atoms in total. The lowest BCUT2D eigenvalue weighted by molar-refractivity contribution is 0.550. The van der Waals surface area contributed by atoms with Crippen molar-refractivity contribution < 1.29 is 0 Å². The second kappa shape index (κ2) is 13.8. The van der Waals surface area contributed by atoms with E-state index in [2.05, 4.69) is 81.7 Å². The molecule has 0 atom stereocenters. The lowest BCUT2D eigenvalue weighted by Crippen LogP contribution is -2.20. The minimum Gasteiger partial charge on any atom is -0.253 e. The van der Waals surface area contributed by atoms with Gasteiger partial charge in [0, 0.05) is 40.7 Å². The van der Waals surface area contributed by atoms with Crippen molar-refractivity contribution in [3.05, 3.63) is 157 Å². The molecule has 0 aliphatic heterocycles. The Kier molecular flexibility index (Phi) is 8.24. The smallest absolute Gasteiger partial charge is 0.182 e. The number of hydrogen-bond acceptors (Lipinski definition) is 9. The Morgan fingerprint density at radius 3 is 1.45 bits per heavy atom. The first-order valence-electron chi connectivity index (χ1n) is 18.8. The van der Waals surface area contributed by atoms with Crippen LogP contribution in [0.5, 0.6) is 0 Å². The Hall–Kier alpha value is -6.87. The summed E-state index contributed by atoms with van der Waals surface area (Å²) in [7, 11) is 0. The van der Waals surface area contributed by atoms with Crippen molar-refractivity contribution in [3.63, 3.8) is 0 Å². The molecular formula is C46H35N9. The number of hydrogen-bond donors (Lipinski definition) is 0. The third-order valence-corrected chi connectivity index (χ3v) is 10.8. The maximum absolute atomic E-state index is 5.11. The van der Waals surface area contributed by atoms with Crippen molar-refractivity contribution in [1.29, 1.82) is 0 Å². The molecule has 7 aromatic rings. The van der Waals surface area contributed by atoms with Crippen LogP contribution in [0.3, 0.4) is 0 Å². The largest absolute Gasteiger partial charge is 0.253 e. The average Bonchev–Trinajstić information content (AvgIpc) is 3.84. The number of fused-ring (bicyclic) bond motifs is 5. The van der Waals surface area contributed by atoms with Crippen molar-refractivity contribution >= 4 is 5.57 Å². The molecule has 3 aliphatic carbocycles. The van der Waals surface area contributed by atoms with Gasteiger partial charge < -0.3 is 0 Å². The van der Waals surface area contributed by atoms with Crippen LogP contribution in [0.25, 0.3) is 74.0 Å². The maximum atomic E-state index is 5.11. The molecule has 0 unspecified atom stereocenters. The first kappa shape index (κ1) is 32.8. The molecule has 1 spiro atoms. The summed E-state index contributed by atoms with van der Waals surface area (Å²) >= 11 is 0. The molecule has 9 heteroatoms. The van der Waals surface area contributed by atoms with Crippen LogP contribution < -0.4 is 0 Å². The maximum Gasteiger partial charge on any atom is 0.182 e. The molecule has 1 saturated carbocycles. The van der Waals surface area contributed by atoms with Gasteiger partial charge in [-0.2, -0.15) is 0 Å². The number of pyridine rings is 3. The van der Waals surface area contributed by atoms with Crippen LogP contribution in [0.1, 0.15) is 55.5 Å². The minimum atomic E-state index is -0.145. The van der Waals surface area contributed by atoms with Crippen molar-refractivity contribution in [2.24, 2.45) is 0 Å². The van der Waals surface area contributed by atoms with Crippen LogP contribution in [0.4, 0.5) is 0 Å². The van der Waals surface area contributed by atoms with E-state index in [0.717, 1.165) is 55.2 Å². The molecule has 0 radical (unpaired) electrons. The SMILES string of the molecule is C1=CCCC=C(c2nc(-c3ccc4c(c3)C3(CCCC3)c3cc(-c5nc(-c6ccccn6)nc(-c6ccccn6)n5)ccc3-4)nc(-c3ccccn3)n2)C=C1. The monoisotopic (exact) mass is 713 g/mol. The lowest BCUT2D eigenvalue weighted by atomic mass is 9.76. The van der Waals surface area contributed by atoms with E-state index in [1.807, 2.05) is 54.6 Å². The number of benzene rings is 2. The highest BCUT2D eigenvalue weighted by atomic mass is 15.1. The van der Waals surface area contributed by atoms with E-state index >= 15 is 0 Å². The minimum absolute atomic E-state index is 0.145. The summed E-state index contributed by atoms with van der Waals surface area (Å²) in [6.45, 7) is 0. The van der Waals surface area contributed by atoms with Gasteiger partial charge in [-0.1, -0.05) is 85.7 Å². The molecule has 5 aromatic heterocycles. The van der Waals surface area contributed by atoms with Gasteiger partial charge in [-0.05, 0) is 96.5 Å². The summed E-state index contributed by atoms with van der Waals surface area (Å²) in [4.78, 5) is 43.6. The second-order valence-electron chi connectivity index (χ2n) is 14.1. The summed E-state index contributed by atoms with van der Waals surface area (Å²) in [6.07, 6.45) is 22.2. The fraction of sp³-hybridized carbons (Fsp3) is 0.152. The molecule has 1 fully saturated rings. The van der Waals surface area contributed by atoms with Gasteiger partial charge in [-0.3, -0.25) is 15.0 Å². The van der Waals surface area contributed by atoms with Gasteiger partial charge in [0.1, 0.15) is 17.1 Å². The normalized spacial score (nSPS) is 15.3. The third kappa shape index (κ3) is 6.03. The summed E-state index contributed by atoms with van der Waals surface area (Å²) in [5, 5.41) is 0. The Bertz CT molecular complexity index is 2590. The molecule has 0 N–H and O–H groups in total. The van der Waals surface area contributed by atoms with E-state index in [9.17, 15) is 0 Å². The summed E-state index contributed by atoms with van der Waals surface area (Å²) in [6, 6.07) is 30.7. The van der Waals surface area contributed by atoms with Crippen molar-refractivity contribution in [1.82, 2.24) is 44.9 Å². The highest BCUT2D eigenvalue weighted by molar-refractivity contribution is 5.86. The Morgan fingerprint density at radius 2 is 0.945 bits per heavy atom. The van der Waals surface area contributed by atoms with E-state index in [1.54, 1.807) is 18.6 Å². The van der Waals surface area contributed by atoms with Crippen molar-refractivity contribution in [2.75, 3.05) is 0 Å². The fourth-order valence-electron chi connectivity index (χ4n) is 8.16. The van der Waals surface area contributed by atoms with E-state index < -0.39 is 0 Å². The highest BCUT2D eigenvalue weighted by Crippen LogP contribution is 2.58. The predicted molar refractivity (Wildman–Crippen MR) is 214 cm³/mol. The number of allylic oxidation sites excluding steroid dienone is 6. The molecular weight excluding hydrogens is 679 g/mol. The van der Waals surface area contributed by atoms with Crippen LogP contribution in [0.15, 0.2) is 140 Å². The fourth-order valence-corrected chi connectivity index (χ4v) is 8.16. The van der Waals surface area contributed by atoms with Crippen LogP contribution in [-0.4, -0.2) is 44.9 Å². The van der Waals surface area contributed by atoms with E-state index in [-0.39, 0.29) is 5.41 Å². The quantitative estimate of drug-likeness (QED) is 0.166. The third-order valence-electron chi connectivity index (χ3n) is 10.8. The second-order valence-corrected chi connectivity index (χ2v) is 14.1. The first-order chi connectivity index (χ1) is 27.2. The lowest BCUT2D eigenvalue weighted by Gasteiger charge is -2.27. The molecule has 10 rings (SSSR count). The molecule has 3 aliphatic rings. The molecule has 264 valence electrons. The highest BCUT2D eigenvalue weighted by Gasteiger charge is 2.45. The topological polar surface area (TPSA) is 116 Å². The molecule has 55 heavy (non-hydrogen) atoms. The van der Waals surface area contributed by atoms with Crippen LogP contribution in [0, 0.1) is 0 Å². The number of rotatable bonds is 6. The summed E-state index contributed by atoms with van der Waals surface area (Å²) in [5.74, 6) is 3.47. The summed E-state index contributed by atoms with van der Waals surface area (Å²) in [5.41, 5.74) is 9.96. The number of nitrogens with zero attached hydrogens (tertiary/aromatic N) is 9. The Morgan fingerprint density at radius 1 is 0.455 bits per heavy atom. The molecule has 0 amide bonds. The number of aromatic nitrogens is 9. The van der Waals surface area contributed by atoms with Gasteiger partial charge in [0.2, 0.25) is 0 Å². The first-order valence-corrected chi connectivity index (χ1v) is 18.8. The van der Waals surface area contributed by atoms with Gasteiger partial charge in [0.25, 0.3) is 0 Å². The molecule has 0 bridgehead atoms. The van der Waals surface area contributed by atoms with E-state index in [0.29, 0.717) is 52.0 Å². The van der Waals surface area contributed by atoms with Gasteiger partial charge in [-0.15, -0.1) is 0 Å². The predicted octanol–water partition coefficient (Wildman–Crippen LogP) is 9.71. The summed E-state index contributed by atoms with van der Waals surface area (Å²) < 4.78 is 0. The Balaban J connectivity index is 1.09. The average molecular weight is 714 g/mol. The van der Waals surface area contributed by atoms with Gasteiger partial charge in [-0.25, -0.2) is 29.9 Å². The van der Waals surface area contributed by atoms with Crippen LogP contribution in [-0.2, 0) is 5.41 Å². The molecule has 5 heterocycles. The van der Waals surface area contributed by atoms with Crippen LogP contribution in [0.2, 0.25) is 0 Å². The molecule has 0 saturated heterocycles. The van der Waals surface area contributed by atoms with E-state index in [1.165, 1.54) is 22.3 Å². The van der Waals surface area contributed by atoms with Crippen LogP contribution >= 0.6 is 0 Å². The zero-order chi connectivity index (χ0) is 36.6. The van der Waals surface area contributed by atoms with Gasteiger partial charge in [0.15, 0.2) is 34.9 Å². The van der Waals surface area contributed by atoms with Crippen molar-refractivity contribution in [2.45, 2.75) is 43.9 Å². The Labute approximate surface area is 318 Å². The zero-order valence-corrected chi connectivity index (χ0v) is 30.0. The van der Waals surface area contributed by atoms with Gasteiger partial charge >= 0.3 is 0 Å². The standard InChI is InChI=1S/C46H35N9/c1-2-4-14-30(15-5-3-1)40-50-41(52-43(51-40)37-16-6-11-25-47-37)31-19-21-33-34-22-20-32(29-36(34)46(35(33)28-31)23-9-10-24-46)42-53-44(38-17-7-12-26-48-38)55-45(54-42)39-18-8-13-27-49-39/h1-2,4,6-8,11-22,25-29H,3,5,9-10,23-24H2.